The summed E-state index contributed by atoms with van der Waals surface area (Å²) in [4.78, 5) is 41.5. The largest absolute Gasteiger partial charge is 0.461 e. The van der Waals surface area contributed by atoms with Crippen LogP contribution in [-0.2, 0) is 27.4 Å². The van der Waals surface area contributed by atoms with Gasteiger partial charge in [0, 0.05) is 31.1 Å². The van der Waals surface area contributed by atoms with E-state index in [1.54, 1.807) is 24.3 Å². The van der Waals surface area contributed by atoms with E-state index < -0.39 is 11.5 Å². The molecule has 2 amide bonds. The number of aryl methyl sites for hydroxylation is 1. The van der Waals surface area contributed by atoms with Crippen LogP contribution in [0.3, 0.4) is 0 Å². The number of ether oxygens (including phenoxy) is 1. The Balaban J connectivity index is 1.36. The van der Waals surface area contributed by atoms with Gasteiger partial charge in [-0.3, -0.25) is 14.4 Å². The molecule has 3 aromatic rings. The molecule has 0 aromatic heterocycles. The van der Waals surface area contributed by atoms with E-state index in [1.807, 2.05) is 79.4 Å². The normalized spacial score (nSPS) is 14.5. The fourth-order valence-electron chi connectivity index (χ4n) is 5.44. The van der Waals surface area contributed by atoms with E-state index in [-0.39, 0.29) is 30.3 Å². The molecule has 7 heteroatoms. The topological polar surface area (TPSA) is 99.5 Å². The highest BCUT2D eigenvalue weighted by Gasteiger charge is 2.41. The third kappa shape index (κ3) is 8.29. The van der Waals surface area contributed by atoms with Gasteiger partial charge in [0.05, 0.1) is 17.0 Å². The molecule has 3 aromatic carbocycles. The fourth-order valence-corrected chi connectivity index (χ4v) is 5.44. The maximum Gasteiger partial charge on any atom is 0.306 e. The molecule has 0 bridgehead atoms. The highest BCUT2D eigenvalue weighted by Crippen LogP contribution is 2.31. The second-order valence-electron chi connectivity index (χ2n) is 11.5. The van der Waals surface area contributed by atoms with E-state index in [4.69, 9.17) is 10.00 Å². The number of hydrogen-bond donors (Lipinski definition) is 1. The van der Waals surface area contributed by atoms with Crippen LogP contribution < -0.4 is 5.32 Å². The number of amides is 2. The second kappa shape index (κ2) is 14.5. The maximum absolute atomic E-state index is 13.9. The van der Waals surface area contributed by atoms with Gasteiger partial charge in [-0.25, -0.2) is 0 Å². The van der Waals surface area contributed by atoms with Crippen molar-refractivity contribution in [1.82, 2.24) is 10.2 Å². The number of hydrogen-bond acceptors (Lipinski definition) is 5. The molecule has 218 valence electrons. The summed E-state index contributed by atoms with van der Waals surface area (Å²) in [6.07, 6.45) is 3.11. The third-order valence-electron chi connectivity index (χ3n) is 8.17. The average molecular weight is 566 g/mol. The summed E-state index contributed by atoms with van der Waals surface area (Å²) < 4.78 is 5.47. The summed E-state index contributed by atoms with van der Waals surface area (Å²) in [5.74, 6) is -0.321. The van der Waals surface area contributed by atoms with Gasteiger partial charge < -0.3 is 15.0 Å². The first-order chi connectivity index (χ1) is 20.3. The summed E-state index contributed by atoms with van der Waals surface area (Å²) in [5, 5.41) is 12.2. The van der Waals surface area contributed by atoms with Crippen molar-refractivity contribution in [2.45, 2.75) is 58.6 Å². The van der Waals surface area contributed by atoms with Crippen LogP contribution in [0.25, 0.3) is 0 Å². The number of carbonyl (C=O) groups is 3. The second-order valence-corrected chi connectivity index (χ2v) is 11.5. The molecule has 0 saturated carbocycles. The van der Waals surface area contributed by atoms with Crippen LogP contribution in [0, 0.1) is 22.7 Å². The molecule has 1 atom stereocenters. The van der Waals surface area contributed by atoms with Crippen molar-refractivity contribution in [1.29, 1.82) is 5.26 Å². The Hall–Kier alpha value is -4.44. The van der Waals surface area contributed by atoms with Gasteiger partial charge in [-0.1, -0.05) is 60.7 Å². The van der Waals surface area contributed by atoms with Crippen molar-refractivity contribution in [2.24, 2.45) is 11.3 Å². The Bertz CT molecular complexity index is 1370. The molecule has 0 aliphatic carbocycles. The van der Waals surface area contributed by atoms with Crippen LogP contribution in [0.1, 0.15) is 66.6 Å². The van der Waals surface area contributed by atoms with Crippen molar-refractivity contribution in [3.63, 3.8) is 0 Å². The highest BCUT2D eigenvalue weighted by atomic mass is 16.5. The highest BCUT2D eigenvalue weighted by molar-refractivity contribution is 5.95. The number of benzene rings is 3. The number of piperidine rings is 1. The summed E-state index contributed by atoms with van der Waals surface area (Å²) in [6, 6.07) is 27.8. The van der Waals surface area contributed by atoms with Crippen LogP contribution in [0.5, 0.6) is 0 Å². The maximum atomic E-state index is 13.9. The molecule has 1 heterocycles. The predicted molar refractivity (Wildman–Crippen MR) is 161 cm³/mol. The molecule has 4 rings (SSSR count). The zero-order valence-corrected chi connectivity index (χ0v) is 24.4. The van der Waals surface area contributed by atoms with Crippen molar-refractivity contribution >= 4 is 17.8 Å². The summed E-state index contributed by atoms with van der Waals surface area (Å²) in [7, 11) is 0. The Morgan fingerprint density at radius 3 is 2.12 bits per heavy atom. The summed E-state index contributed by atoms with van der Waals surface area (Å²) in [5.41, 5.74) is 2.16. The molecule has 42 heavy (non-hydrogen) atoms. The Kier molecular flexibility index (Phi) is 10.5. The minimum Gasteiger partial charge on any atom is -0.461 e. The van der Waals surface area contributed by atoms with Gasteiger partial charge >= 0.3 is 5.97 Å². The van der Waals surface area contributed by atoms with Crippen LogP contribution in [-0.4, -0.2) is 41.8 Å². The standard InChI is InChI=1S/C35H39N3O4/c1-35(2,34(41)38-21-19-27(20-22-38)23-32(39)42-25-29-11-7-4-8-12-29)31(18-15-26-9-5-3-6-10-26)37-33(40)30-16-13-28(24-36)14-17-30/h3-14,16-17,27,31H,15,18-23,25H2,1-2H3,(H,37,40). The van der Waals surface area contributed by atoms with E-state index in [0.717, 1.165) is 24.0 Å². The first-order valence-corrected chi connectivity index (χ1v) is 14.6. The predicted octanol–water partition coefficient (Wildman–Crippen LogP) is 5.69. The van der Waals surface area contributed by atoms with Gasteiger partial charge in [-0.15, -0.1) is 0 Å². The minimum atomic E-state index is -0.863. The lowest BCUT2D eigenvalue weighted by Crippen LogP contribution is -2.55. The Morgan fingerprint density at radius 2 is 1.52 bits per heavy atom. The smallest absolute Gasteiger partial charge is 0.306 e. The molecule has 0 radical (unpaired) electrons. The van der Waals surface area contributed by atoms with Crippen molar-refractivity contribution < 1.29 is 19.1 Å². The first-order valence-electron chi connectivity index (χ1n) is 14.6. The number of rotatable bonds is 11. The van der Waals surface area contributed by atoms with Gasteiger partial charge in [-0.2, -0.15) is 5.26 Å². The lowest BCUT2D eigenvalue weighted by Gasteiger charge is -2.40. The van der Waals surface area contributed by atoms with Gasteiger partial charge in [0.15, 0.2) is 0 Å². The molecule has 1 aliphatic rings. The average Bonchev–Trinajstić information content (AvgIpc) is 3.03. The molecular formula is C35H39N3O4. The Morgan fingerprint density at radius 1 is 0.929 bits per heavy atom. The lowest BCUT2D eigenvalue weighted by atomic mass is 9.79. The molecule has 1 aliphatic heterocycles. The van der Waals surface area contributed by atoms with Crippen LogP contribution in [0.4, 0.5) is 0 Å². The van der Waals surface area contributed by atoms with E-state index >= 15 is 0 Å². The molecule has 1 unspecified atom stereocenters. The van der Waals surface area contributed by atoms with Gasteiger partial charge in [-0.05, 0) is 80.8 Å². The number of nitrogens with zero attached hydrogens (tertiary/aromatic N) is 2. The SMILES string of the molecule is CC(C)(C(=O)N1CCC(CC(=O)OCc2ccccc2)CC1)C(CCc1ccccc1)NC(=O)c1ccc(C#N)cc1. The number of likely N-dealkylation sites (tertiary alicyclic amines) is 1. The van der Waals surface area contributed by atoms with Crippen molar-refractivity contribution in [3.05, 3.63) is 107 Å². The monoisotopic (exact) mass is 565 g/mol. The van der Waals surface area contributed by atoms with Crippen LogP contribution in [0.2, 0.25) is 0 Å². The fraction of sp³-hybridized carbons (Fsp3) is 0.371. The minimum absolute atomic E-state index is 0.00852. The molecule has 7 nitrogen and oxygen atoms in total. The van der Waals surface area contributed by atoms with E-state index in [1.165, 1.54) is 0 Å². The van der Waals surface area contributed by atoms with E-state index in [9.17, 15) is 14.4 Å². The molecule has 1 fully saturated rings. The van der Waals surface area contributed by atoms with E-state index in [0.29, 0.717) is 43.5 Å². The van der Waals surface area contributed by atoms with Crippen LogP contribution in [0.15, 0.2) is 84.9 Å². The molecule has 1 saturated heterocycles. The number of nitriles is 1. The Labute approximate surface area is 248 Å². The van der Waals surface area contributed by atoms with Gasteiger partial charge in [0.1, 0.15) is 6.61 Å². The quantitative estimate of drug-likeness (QED) is 0.301. The molecular weight excluding hydrogens is 526 g/mol. The summed E-state index contributed by atoms with van der Waals surface area (Å²) >= 11 is 0. The number of nitrogens with one attached hydrogen (secondary N) is 1. The number of esters is 1. The van der Waals surface area contributed by atoms with Crippen molar-refractivity contribution in [3.8, 4) is 6.07 Å². The zero-order chi connectivity index (χ0) is 30.0. The zero-order valence-electron chi connectivity index (χ0n) is 24.4. The van der Waals surface area contributed by atoms with Crippen LogP contribution >= 0.6 is 0 Å². The van der Waals surface area contributed by atoms with E-state index in [2.05, 4.69) is 11.4 Å². The lowest BCUT2D eigenvalue weighted by molar-refractivity contribution is -0.147. The summed E-state index contributed by atoms with van der Waals surface area (Å²) in [6.45, 7) is 5.19. The van der Waals surface area contributed by atoms with Gasteiger partial charge in [0.25, 0.3) is 5.91 Å². The molecule has 0 spiro atoms. The van der Waals surface area contributed by atoms with Crippen molar-refractivity contribution in [2.75, 3.05) is 13.1 Å². The molecule has 1 N–H and O–H groups in total. The van der Waals surface area contributed by atoms with Gasteiger partial charge in [0.2, 0.25) is 5.91 Å². The third-order valence-corrected chi connectivity index (χ3v) is 8.17. The number of carbonyl (C=O) groups excluding carboxylic acids is 3. The first kappa shape index (κ1) is 30.5.